The van der Waals surface area contributed by atoms with Crippen LogP contribution in [0.4, 0.5) is 0 Å². The van der Waals surface area contributed by atoms with E-state index in [0.29, 0.717) is 27.7 Å². The highest BCUT2D eigenvalue weighted by atomic mass is 35.5. The number of rotatable bonds is 4. The van der Waals surface area contributed by atoms with Gasteiger partial charge >= 0.3 is 0 Å². The molecule has 0 radical (unpaired) electrons. The molecular formula is C19H17ClN2O2S. The Kier molecular flexibility index (Phi) is 4.79. The van der Waals surface area contributed by atoms with Crippen LogP contribution in [0.25, 0.3) is 10.9 Å². The van der Waals surface area contributed by atoms with Gasteiger partial charge in [0.15, 0.2) is 0 Å². The maximum absolute atomic E-state index is 13.1. The first-order chi connectivity index (χ1) is 11.9. The van der Waals surface area contributed by atoms with Crippen molar-refractivity contribution < 1.29 is 9.53 Å². The summed E-state index contributed by atoms with van der Waals surface area (Å²) in [5, 5.41) is 1.50. The summed E-state index contributed by atoms with van der Waals surface area (Å²) < 4.78 is 7.00. The van der Waals surface area contributed by atoms with Crippen molar-refractivity contribution in [2.75, 3.05) is 7.11 Å². The van der Waals surface area contributed by atoms with E-state index >= 15 is 0 Å². The lowest BCUT2D eigenvalue weighted by Crippen LogP contribution is -2.15. The van der Waals surface area contributed by atoms with Gasteiger partial charge in [0.25, 0.3) is 5.91 Å². The zero-order valence-electron chi connectivity index (χ0n) is 13.9. The summed E-state index contributed by atoms with van der Waals surface area (Å²) in [6.07, 6.45) is 0.422. The summed E-state index contributed by atoms with van der Waals surface area (Å²) in [4.78, 5) is 13.4. The average molecular weight is 373 g/mol. The third kappa shape index (κ3) is 3.25. The van der Waals surface area contributed by atoms with Gasteiger partial charge in [-0.2, -0.15) is 0 Å². The summed E-state index contributed by atoms with van der Waals surface area (Å²) in [5.41, 5.74) is 8.86. The van der Waals surface area contributed by atoms with E-state index in [0.717, 1.165) is 22.2 Å². The molecule has 0 aliphatic carbocycles. The maximum atomic E-state index is 13.1. The molecule has 0 atom stereocenters. The quantitative estimate of drug-likeness (QED) is 0.699. The first kappa shape index (κ1) is 17.5. The van der Waals surface area contributed by atoms with E-state index in [1.165, 1.54) is 0 Å². The van der Waals surface area contributed by atoms with Crippen molar-refractivity contribution in [2.45, 2.75) is 13.3 Å². The van der Waals surface area contributed by atoms with Gasteiger partial charge in [-0.25, -0.2) is 0 Å². The standard InChI is InChI=1S/C19H17ClN2O2S/c1-11-15(10-18(21)25)16-9-14(24-2)7-8-17(16)22(11)19(23)12-3-5-13(20)6-4-12/h3-9H,10H2,1-2H3,(H2,21,25). The van der Waals surface area contributed by atoms with Gasteiger partial charge in [-0.1, -0.05) is 23.8 Å². The minimum Gasteiger partial charge on any atom is -0.497 e. The van der Waals surface area contributed by atoms with Crippen LogP contribution in [-0.2, 0) is 6.42 Å². The number of halogens is 1. The van der Waals surface area contributed by atoms with Crippen LogP contribution >= 0.6 is 23.8 Å². The topological polar surface area (TPSA) is 57.2 Å². The van der Waals surface area contributed by atoms with Crippen LogP contribution in [0.5, 0.6) is 5.75 Å². The number of fused-ring (bicyclic) bond motifs is 1. The van der Waals surface area contributed by atoms with Gasteiger partial charge in [0.1, 0.15) is 5.75 Å². The van der Waals surface area contributed by atoms with Crippen molar-refractivity contribution in [1.29, 1.82) is 0 Å². The van der Waals surface area contributed by atoms with E-state index in [2.05, 4.69) is 0 Å². The number of hydrogen-bond acceptors (Lipinski definition) is 3. The SMILES string of the molecule is COc1ccc2c(c1)c(CC(N)=S)c(C)n2C(=O)c1ccc(Cl)cc1. The first-order valence-electron chi connectivity index (χ1n) is 7.69. The van der Waals surface area contributed by atoms with Crippen LogP contribution in [0.15, 0.2) is 42.5 Å². The van der Waals surface area contributed by atoms with Crippen LogP contribution in [-0.4, -0.2) is 22.6 Å². The molecule has 3 rings (SSSR count). The van der Waals surface area contributed by atoms with Gasteiger partial charge in [0.2, 0.25) is 0 Å². The van der Waals surface area contributed by atoms with Crippen LogP contribution in [0, 0.1) is 6.92 Å². The number of carbonyl (C=O) groups excluding carboxylic acids is 1. The minimum absolute atomic E-state index is 0.126. The molecule has 4 nitrogen and oxygen atoms in total. The highest BCUT2D eigenvalue weighted by Crippen LogP contribution is 2.30. The number of hydrogen-bond donors (Lipinski definition) is 1. The molecule has 0 spiro atoms. The fraction of sp³-hybridized carbons (Fsp3) is 0.158. The zero-order valence-corrected chi connectivity index (χ0v) is 15.4. The summed E-state index contributed by atoms with van der Waals surface area (Å²) in [7, 11) is 1.61. The molecule has 0 aliphatic rings. The van der Waals surface area contributed by atoms with Gasteiger partial charge < -0.3 is 10.5 Å². The molecule has 0 saturated carbocycles. The number of nitrogens with two attached hydrogens (primary N) is 1. The summed E-state index contributed by atoms with van der Waals surface area (Å²) in [6, 6.07) is 12.4. The van der Waals surface area contributed by atoms with Gasteiger partial charge in [-0.15, -0.1) is 0 Å². The molecule has 0 aliphatic heterocycles. The highest BCUT2D eigenvalue weighted by molar-refractivity contribution is 7.80. The first-order valence-corrected chi connectivity index (χ1v) is 8.47. The molecule has 1 heterocycles. The molecule has 3 aromatic rings. The third-order valence-electron chi connectivity index (χ3n) is 4.19. The number of methoxy groups -OCH3 is 1. The third-order valence-corrected chi connectivity index (χ3v) is 4.58. The number of ether oxygens (including phenoxy) is 1. The largest absolute Gasteiger partial charge is 0.497 e. The Bertz CT molecular complexity index is 977. The number of benzene rings is 2. The summed E-state index contributed by atoms with van der Waals surface area (Å²) in [6.45, 7) is 1.90. The van der Waals surface area contributed by atoms with E-state index in [9.17, 15) is 4.79 Å². The Morgan fingerprint density at radius 1 is 1.24 bits per heavy atom. The lowest BCUT2D eigenvalue weighted by atomic mass is 10.1. The van der Waals surface area contributed by atoms with Gasteiger partial charge in [0, 0.05) is 28.1 Å². The molecule has 0 unspecified atom stereocenters. The molecule has 0 amide bonds. The zero-order chi connectivity index (χ0) is 18.1. The molecule has 25 heavy (non-hydrogen) atoms. The average Bonchev–Trinajstić information content (AvgIpc) is 2.86. The van der Waals surface area contributed by atoms with Gasteiger partial charge in [-0.05, 0) is 55.0 Å². The minimum atomic E-state index is -0.126. The normalized spacial score (nSPS) is 10.8. The number of carbonyl (C=O) groups is 1. The van der Waals surface area contributed by atoms with Crippen LogP contribution in [0.2, 0.25) is 5.02 Å². The van der Waals surface area contributed by atoms with Gasteiger partial charge in [0.05, 0.1) is 17.6 Å². The molecule has 128 valence electrons. The predicted octanol–water partition coefficient (Wildman–Crippen LogP) is 4.13. The molecule has 2 aromatic carbocycles. The molecular weight excluding hydrogens is 356 g/mol. The Labute approximate surface area is 156 Å². The predicted molar refractivity (Wildman–Crippen MR) is 105 cm³/mol. The fourth-order valence-electron chi connectivity index (χ4n) is 2.97. The summed E-state index contributed by atoms with van der Waals surface area (Å²) in [5.74, 6) is 0.589. The Morgan fingerprint density at radius 2 is 1.92 bits per heavy atom. The fourth-order valence-corrected chi connectivity index (χ4v) is 3.24. The van der Waals surface area contributed by atoms with Crippen molar-refractivity contribution in [3.05, 3.63) is 64.3 Å². The smallest absolute Gasteiger partial charge is 0.262 e. The number of nitrogens with zero attached hydrogens (tertiary/aromatic N) is 1. The second-order valence-electron chi connectivity index (χ2n) is 5.74. The van der Waals surface area contributed by atoms with E-state index in [-0.39, 0.29) is 5.91 Å². The lowest BCUT2D eigenvalue weighted by molar-refractivity contribution is 0.0963. The molecule has 2 N–H and O–H groups in total. The van der Waals surface area contributed by atoms with Crippen molar-refractivity contribution in [3.63, 3.8) is 0 Å². The van der Waals surface area contributed by atoms with E-state index < -0.39 is 0 Å². The Hall–Kier alpha value is -2.37. The molecule has 0 bridgehead atoms. The highest BCUT2D eigenvalue weighted by Gasteiger charge is 2.20. The molecule has 0 saturated heterocycles. The van der Waals surface area contributed by atoms with Crippen molar-refractivity contribution in [1.82, 2.24) is 4.57 Å². The van der Waals surface area contributed by atoms with Crippen molar-refractivity contribution in [3.8, 4) is 5.75 Å². The van der Waals surface area contributed by atoms with E-state index in [1.807, 2.05) is 25.1 Å². The van der Waals surface area contributed by atoms with Gasteiger partial charge in [-0.3, -0.25) is 9.36 Å². The second-order valence-corrected chi connectivity index (χ2v) is 6.70. The number of thiocarbonyl (C=S) groups is 1. The van der Waals surface area contributed by atoms with Crippen LogP contribution < -0.4 is 10.5 Å². The second kappa shape index (κ2) is 6.86. The Morgan fingerprint density at radius 3 is 2.52 bits per heavy atom. The maximum Gasteiger partial charge on any atom is 0.262 e. The Balaban J connectivity index is 2.23. The monoisotopic (exact) mass is 372 g/mol. The summed E-state index contributed by atoms with van der Waals surface area (Å²) >= 11 is 11.0. The lowest BCUT2D eigenvalue weighted by Gasteiger charge is -2.08. The van der Waals surface area contributed by atoms with Crippen LogP contribution in [0.3, 0.4) is 0 Å². The van der Waals surface area contributed by atoms with E-state index in [1.54, 1.807) is 35.9 Å². The molecule has 1 aromatic heterocycles. The van der Waals surface area contributed by atoms with Crippen LogP contribution in [0.1, 0.15) is 21.6 Å². The number of aromatic nitrogens is 1. The van der Waals surface area contributed by atoms with E-state index in [4.69, 9.17) is 34.3 Å². The van der Waals surface area contributed by atoms with Crippen molar-refractivity contribution in [2.24, 2.45) is 5.73 Å². The molecule has 6 heteroatoms. The molecule has 0 fully saturated rings. The van der Waals surface area contributed by atoms with Crippen molar-refractivity contribution >= 4 is 45.6 Å².